The molecule has 1 nitrogen and oxygen atoms in total. The van der Waals surface area contributed by atoms with Crippen molar-refractivity contribution in [3.8, 4) is 0 Å². The van der Waals surface area contributed by atoms with Crippen LogP contribution in [0.3, 0.4) is 0 Å². The second-order valence-electron chi connectivity index (χ2n) is 1.86. The summed E-state index contributed by atoms with van der Waals surface area (Å²) < 4.78 is 1.09. The number of nitrogens with one attached hydrogen (secondary N) is 1. The Morgan fingerprint density at radius 1 is 1.30 bits per heavy atom. The molecule has 0 saturated heterocycles. The van der Waals surface area contributed by atoms with Crippen molar-refractivity contribution in [2.24, 2.45) is 0 Å². The molecule has 0 aromatic heterocycles. The molecule has 10 heavy (non-hydrogen) atoms. The molecule has 0 atom stereocenters. The van der Waals surface area contributed by atoms with E-state index in [1.807, 2.05) is 24.3 Å². The van der Waals surface area contributed by atoms with Gasteiger partial charge < -0.3 is 5.32 Å². The van der Waals surface area contributed by atoms with E-state index in [-0.39, 0.29) is 0 Å². The summed E-state index contributed by atoms with van der Waals surface area (Å²) in [7, 11) is 0. The van der Waals surface area contributed by atoms with Crippen molar-refractivity contribution < 1.29 is 0 Å². The summed E-state index contributed by atoms with van der Waals surface area (Å²) in [6.07, 6.45) is 1.66. The van der Waals surface area contributed by atoms with E-state index in [0.717, 1.165) is 10.2 Å². The van der Waals surface area contributed by atoms with Gasteiger partial charge in [-0.3, -0.25) is 0 Å². The Balaban J connectivity index is 2.78. The van der Waals surface area contributed by atoms with Gasteiger partial charge in [-0.05, 0) is 30.5 Å². The lowest BCUT2D eigenvalue weighted by Crippen LogP contribution is -1.83. The molecule has 0 aliphatic heterocycles. The first-order chi connectivity index (χ1) is 4.83. The largest absolute Gasteiger partial charge is 0.362 e. The van der Waals surface area contributed by atoms with Crippen molar-refractivity contribution in [1.82, 2.24) is 0 Å². The highest BCUT2D eigenvalue weighted by Gasteiger charge is 1.86. The Labute approximate surface area is 68.9 Å². The molecule has 0 aliphatic carbocycles. The minimum atomic E-state index is 1.05. The maximum Gasteiger partial charge on any atom is 0.0380 e. The maximum absolute atomic E-state index is 3.56. The summed E-state index contributed by atoms with van der Waals surface area (Å²) in [6.45, 7) is 3.56. The molecule has 0 unspecified atom stereocenters. The predicted molar refractivity (Wildman–Crippen MR) is 48.0 cm³/mol. The lowest BCUT2D eigenvalue weighted by atomic mass is 10.3. The lowest BCUT2D eigenvalue weighted by Gasteiger charge is -1.97. The quantitative estimate of drug-likeness (QED) is 0.770. The summed E-state index contributed by atoms with van der Waals surface area (Å²) in [5, 5.41) is 2.98. The first-order valence-corrected chi connectivity index (χ1v) is 3.75. The third-order valence-electron chi connectivity index (χ3n) is 1.11. The van der Waals surface area contributed by atoms with E-state index in [4.69, 9.17) is 0 Å². The van der Waals surface area contributed by atoms with Crippen molar-refractivity contribution in [3.63, 3.8) is 0 Å². The molecule has 2 heteroatoms. The van der Waals surface area contributed by atoms with Crippen LogP contribution in [-0.2, 0) is 0 Å². The van der Waals surface area contributed by atoms with Crippen molar-refractivity contribution >= 4 is 21.6 Å². The van der Waals surface area contributed by atoms with Gasteiger partial charge in [0.05, 0.1) is 0 Å². The molecule has 1 N–H and O–H groups in total. The summed E-state index contributed by atoms with van der Waals surface area (Å²) in [6, 6.07) is 7.91. The van der Waals surface area contributed by atoms with E-state index in [1.165, 1.54) is 0 Å². The summed E-state index contributed by atoms with van der Waals surface area (Å²) in [5.74, 6) is 0. The zero-order valence-corrected chi connectivity index (χ0v) is 7.06. The smallest absolute Gasteiger partial charge is 0.0380 e. The molecule has 0 radical (unpaired) electrons. The topological polar surface area (TPSA) is 12.0 Å². The standard InChI is InChI=1S/C8H8BrN/c1-2-10-8-5-3-7(9)4-6-8/h2-6,10H,1H2. The Morgan fingerprint density at radius 2 is 1.90 bits per heavy atom. The first-order valence-electron chi connectivity index (χ1n) is 2.96. The fourth-order valence-corrected chi connectivity index (χ4v) is 0.928. The van der Waals surface area contributed by atoms with Crippen LogP contribution < -0.4 is 5.32 Å². The van der Waals surface area contributed by atoms with Gasteiger partial charge >= 0.3 is 0 Å². The van der Waals surface area contributed by atoms with Gasteiger partial charge in [-0.25, -0.2) is 0 Å². The van der Waals surface area contributed by atoms with Crippen molar-refractivity contribution in [2.75, 3.05) is 5.32 Å². The van der Waals surface area contributed by atoms with Gasteiger partial charge in [0.2, 0.25) is 0 Å². The third-order valence-corrected chi connectivity index (χ3v) is 1.64. The van der Waals surface area contributed by atoms with Gasteiger partial charge in [-0.15, -0.1) is 0 Å². The molecule has 0 spiro atoms. The summed E-state index contributed by atoms with van der Waals surface area (Å²) in [4.78, 5) is 0. The van der Waals surface area contributed by atoms with Gasteiger partial charge in [0.15, 0.2) is 0 Å². The maximum atomic E-state index is 3.56. The average Bonchev–Trinajstić information content (AvgIpc) is 1.95. The van der Waals surface area contributed by atoms with Gasteiger partial charge in [-0.1, -0.05) is 22.5 Å². The minimum absolute atomic E-state index is 1.05. The number of benzene rings is 1. The molecular formula is C8H8BrN. The van der Waals surface area contributed by atoms with Crippen LogP contribution in [0.15, 0.2) is 41.5 Å². The molecular weight excluding hydrogens is 190 g/mol. The third kappa shape index (κ3) is 1.88. The van der Waals surface area contributed by atoms with Crippen LogP contribution in [-0.4, -0.2) is 0 Å². The van der Waals surface area contributed by atoms with Crippen LogP contribution in [0.4, 0.5) is 5.69 Å². The minimum Gasteiger partial charge on any atom is -0.362 e. The van der Waals surface area contributed by atoms with E-state index in [9.17, 15) is 0 Å². The Hall–Kier alpha value is -0.760. The normalized spacial score (nSPS) is 8.90. The number of rotatable bonds is 2. The first kappa shape index (κ1) is 7.35. The molecule has 0 fully saturated rings. The number of anilines is 1. The summed E-state index contributed by atoms with van der Waals surface area (Å²) in [5.41, 5.74) is 1.05. The highest BCUT2D eigenvalue weighted by Crippen LogP contribution is 2.13. The van der Waals surface area contributed by atoms with E-state index in [1.54, 1.807) is 6.20 Å². The van der Waals surface area contributed by atoms with E-state index < -0.39 is 0 Å². The molecule has 0 bridgehead atoms. The van der Waals surface area contributed by atoms with Crippen LogP contribution in [0.2, 0.25) is 0 Å². The van der Waals surface area contributed by atoms with Crippen LogP contribution in [0.1, 0.15) is 0 Å². The van der Waals surface area contributed by atoms with Crippen molar-refractivity contribution in [2.45, 2.75) is 0 Å². The van der Waals surface area contributed by atoms with Crippen LogP contribution in [0.25, 0.3) is 0 Å². The monoisotopic (exact) mass is 197 g/mol. The molecule has 0 heterocycles. The zero-order valence-electron chi connectivity index (χ0n) is 5.47. The van der Waals surface area contributed by atoms with Gasteiger partial charge in [0, 0.05) is 10.2 Å². The molecule has 0 amide bonds. The number of halogens is 1. The number of hydrogen-bond donors (Lipinski definition) is 1. The molecule has 52 valence electrons. The van der Waals surface area contributed by atoms with E-state index in [2.05, 4.69) is 27.8 Å². The van der Waals surface area contributed by atoms with E-state index >= 15 is 0 Å². The van der Waals surface area contributed by atoms with Crippen LogP contribution in [0, 0.1) is 0 Å². The van der Waals surface area contributed by atoms with Gasteiger partial charge in [0.25, 0.3) is 0 Å². The zero-order chi connectivity index (χ0) is 7.40. The number of hydrogen-bond acceptors (Lipinski definition) is 1. The van der Waals surface area contributed by atoms with Gasteiger partial charge in [0.1, 0.15) is 0 Å². The molecule has 0 aliphatic rings. The van der Waals surface area contributed by atoms with Crippen molar-refractivity contribution in [3.05, 3.63) is 41.5 Å². The molecule has 1 rings (SSSR count). The van der Waals surface area contributed by atoms with Crippen LogP contribution in [0.5, 0.6) is 0 Å². The summed E-state index contributed by atoms with van der Waals surface area (Å²) >= 11 is 3.34. The fraction of sp³-hybridized carbons (Fsp3) is 0. The average molecular weight is 198 g/mol. The second-order valence-corrected chi connectivity index (χ2v) is 2.77. The Morgan fingerprint density at radius 3 is 2.40 bits per heavy atom. The van der Waals surface area contributed by atoms with Gasteiger partial charge in [-0.2, -0.15) is 0 Å². The Kier molecular flexibility index (Phi) is 2.51. The second kappa shape index (κ2) is 3.42. The van der Waals surface area contributed by atoms with E-state index in [0.29, 0.717) is 0 Å². The lowest BCUT2D eigenvalue weighted by molar-refractivity contribution is 1.57. The molecule has 1 aromatic carbocycles. The molecule has 0 saturated carbocycles. The highest BCUT2D eigenvalue weighted by atomic mass is 79.9. The van der Waals surface area contributed by atoms with Crippen molar-refractivity contribution in [1.29, 1.82) is 0 Å². The SMILES string of the molecule is C=CNc1ccc(Br)cc1. The fourth-order valence-electron chi connectivity index (χ4n) is 0.664. The predicted octanol–water partition coefficient (Wildman–Crippen LogP) is 3.00. The van der Waals surface area contributed by atoms with Crippen LogP contribution >= 0.6 is 15.9 Å². The Bertz CT molecular complexity index is 215. The molecule has 1 aromatic rings. The highest BCUT2D eigenvalue weighted by molar-refractivity contribution is 9.10.